The molecule has 0 N–H and O–H groups in total. The minimum Gasteiger partial charge on any atom is -0.295 e. The van der Waals surface area contributed by atoms with Crippen molar-refractivity contribution in [1.82, 2.24) is 24.4 Å². The smallest absolute Gasteiger partial charge is 0.295 e. The zero-order valence-electron chi connectivity index (χ0n) is 9.61. The molecule has 2 aromatic heterocycles. The second-order valence-corrected chi connectivity index (χ2v) is 7.11. The van der Waals surface area contributed by atoms with Crippen LogP contribution in [0.15, 0.2) is 10.5 Å². The molecule has 7 nitrogen and oxygen atoms in total. The van der Waals surface area contributed by atoms with Crippen LogP contribution in [-0.4, -0.2) is 32.8 Å². The Bertz CT molecular complexity index is 635. The first-order valence-corrected chi connectivity index (χ1v) is 8.19. The Morgan fingerprint density at radius 3 is 2.61 bits per heavy atom. The average Bonchev–Trinajstić information content (AvgIpc) is 2.81. The summed E-state index contributed by atoms with van der Waals surface area (Å²) in [6, 6.07) is 0. The largest absolute Gasteiger partial charge is 0.296 e. The summed E-state index contributed by atoms with van der Waals surface area (Å²) in [6.45, 7) is 4.34. The average molecular weight is 308 g/mol. The summed E-state index contributed by atoms with van der Waals surface area (Å²) in [5.41, 5.74) is 0.486. The summed E-state index contributed by atoms with van der Waals surface area (Å²) >= 11 is 1.15. The van der Waals surface area contributed by atoms with Crippen molar-refractivity contribution in [3.05, 3.63) is 5.38 Å². The summed E-state index contributed by atoms with van der Waals surface area (Å²) in [5.74, 6) is 0.570. The minimum atomic E-state index is -3.93. The lowest BCUT2D eigenvalue weighted by molar-refractivity contribution is 0.488. The van der Waals surface area contributed by atoms with E-state index in [1.165, 1.54) is 4.57 Å². The van der Waals surface area contributed by atoms with Crippen LogP contribution in [0.1, 0.15) is 13.8 Å². The fourth-order valence-electron chi connectivity index (χ4n) is 1.45. The number of hydrogen-bond donors (Lipinski definition) is 0. The number of rotatable bonds is 4. The van der Waals surface area contributed by atoms with E-state index in [1.807, 2.05) is 13.8 Å². The minimum absolute atomic E-state index is 0.212. The zero-order valence-corrected chi connectivity index (χ0v) is 12.0. The number of aromatic nitrogens is 5. The highest BCUT2D eigenvalue weighted by atomic mass is 35.7. The fraction of sp³-hybridized carbons (Fsp3) is 0.500. The van der Waals surface area contributed by atoms with Crippen molar-refractivity contribution in [3.63, 3.8) is 0 Å². The Balaban J connectivity index is 2.58. The standard InChI is InChI=1S/C8H10ClN5O2S2/c1-5(2)3-14-7(6-4-17-13-10-6)11-12-8(14)18(9,15)16/h4-5H,3H2,1-2H3. The van der Waals surface area contributed by atoms with Gasteiger partial charge in [-0.25, -0.2) is 8.42 Å². The second-order valence-electron chi connectivity index (χ2n) is 4.04. The normalized spacial score (nSPS) is 12.2. The van der Waals surface area contributed by atoms with Crippen LogP contribution in [0.25, 0.3) is 11.5 Å². The van der Waals surface area contributed by atoms with Gasteiger partial charge in [0.1, 0.15) is 5.69 Å². The molecule has 0 bridgehead atoms. The predicted molar refractivity (Wildman–Crippen MR) is 66.8 cm³/mol. The Kier molecular flexibility index (Phi) is 3.64. The van der Waals surface area contributed by atoms with Gasteiger partial charge in [-0.05, 0) is 17.5 Å². The lowest BCUT2D eigenvalue weighted by Crippen LogP contribution is -2.12. The van der Waals surface area contributed by atoms with Gasteiger partial charge in [0.15, 0.2) is 5.82 Å². The molecule has 0 aliphatic carbocycles. The molecule has 0 aliphatic heterocycles. The van der Waals surface area contributed by atoms with Crippen molar-refractivity contribution < 1.29 is 8.42 Å². The van der Waals surface area contributed by atoms with Gasteiger partial charge in [0, 0.05) is 22.6 Å². The van der Waals surface area contributed by atoms with E-state index in [0.717, 1.165) is 11.5 Å². The first-order chi connectivity index (χ1) is 8.39. The summed E-state index contributed by atoms with van der Waals surface area (Å²) < 4.78 is 28.0. The molecule has 2 aromatic rings. The van der Waals surface area contributed by atoms with Gasteiger partial charge in [0.05, 0.1) is 0 Å². The predicted octanol–water partition coefficient (Wildman–Crippen LogP) is 1.38. The maximum absolute atomic E-state index is 11.4. The highest BCUT2D eigenvalue weighted by Crippen LogP contribution is 2.22. The first-order valence-electron chi connectivity index (χ1n) is 5.05. The molecule has 0 atom stereocenters. The molecule has 2 rings (SSSR count). The molecule has 18 heavy (non-hydrogen) atoms. The van der Waals surface area contributed by atoms with Crippen molar-refractivity contribution in [3.8, 4) is 11.5 Å². The van der Waals surface area contributed by atoms with Gasteiger partial charge in [-0.2, -0.15) is 0 Å². The highest BCUT2D eigenvalue weighted by molar-refractivity contribution is 8.13. The van der Waals surface area contributed by atoms with Crippen molar-refractivity contribution in [2.45, 2.75) is 25.5 Å². The SMILES string of the molecule is CC(C)Cn1c(-c2csnn2)nnc1S(=O)(=O)Cl. The summed E-state index contributed by atoms with van der Waals surface area (Å²) in [5, 5.41) is 12.7. The molecule has 0 aromatic carbocycles. The van der Waals surface area contributed by atoms with Crippen molar-refractivity contribution in [1.29, 1.82) is 0 Å². The van der Waals surface area contributed by atoms with Gasteiger partial charge in [-0.1, -0.05) is 18.3 Å². The van der Waals surface area contributed by atoms with Crippen LogP contribution in [0, 0.1) is 5.92 Å². The maximum atomic E-state index is 11.4. The highest BCUT2D eigenvalue weighted by Gasteiger charge is 2.24. The van der Waals surface area contributed by atoms with E-state index in [2.05, 4.69) is 19.8 Å². The van der Waals surface area contributed by atoms with Gasteiger partial charge in [-0.3, -0.25) is 4.57 Å². The second kappa shape index (κ2) is 4.90. The van der Waals surface area contributed by atoms with Gasteiger partial charge < -0.3 is 0 Å². The number of hydrogen-bond acceptors (Lipinski definition) is 7. The van der Waals surface area contributed by atoms with Crippen molar-refractivity contribution >= 4 is 31.3 Å². The summed E-state index contributed by atoms with van der Waals surface area (Å²) in [6.07, 6.45) is 0. The Labute approximate surface area is 112 Å². The van der Waals surface area contributed by atoms with E-state index in [0.29, 0.717) is 18.1 Å². The third-order valence-corrected chi connectivity index (χ3v) is 3.73. The first kappa shape index (κ1) is 13.4. The van der Waals surface area contributed by atoms with E-state index in [9.17, 15) is 8.42 Å². The monoisotopic (exact) mass is 307 g/mol. The molecule has 98 valence electrons. The van der Waals surface area contributed by atoms with Crippen molar-refractivity contribution in [2.24, 2.45) is 5.92 Å². The van der Waals surface area contributed by atoms with Crippen LogP contribution in [0.3, 0.4) is 0 Å². The third kappa shape index (κ3) is 2.68. The molecule has 0 amide bonds. The van der Waals surface area contributed by atoms with E-state index in [1.54, 1.807) is 5.38 Å². The Morgan fingerprint density at radius 1 is 1.39 bits per heavy atom. The van der Waals surface area contributed by atoms with Crippen LogP contribution in [0.2, 0.25) is 0 Å². The van der Waals surface area contributed by atoms with Crippen LogP contribution in [0.4, 0.5) is 0 Å². The molecule has 0 aliphatic rings. The van der Waals surface area contributed by atoms with Gasteiger partial charge in [0.25, 0.3) is 14.2 Å². The molecule has 0 unspecified atom stereocenters. The number of halogens is 1. The Morgan fingerprint density at radius 2 is 2.11 bits per heavy atom. The van der Waals surface area contributed by atoms with Crippen LogP contribution in [-0.2, 0) is 15.6 Å². The Hall–Kier alpha value is -1.06. The molecular weight excluding hydrogens is 298 g/mol. The molecule has 0 saturated heterocycles. The van der Waals surface area contributed by atoms with Gasteiger partial charge in [0.2, 0.25) is 0 Å². The van der Waals surface area contributed by atoms with Gasteiger partial charge >= 0.3 is 0 Å². The van der Waals surface area contributed by atoms with Crippen molar-refractivity contribution in [2.75, 3.05) is 0 Å². The van der Waals surface area contributed by atoms with Gasteiger partial charge in [-0.15, -0.1) is 15.3 Å². The molecule has 10 heteroatoms. The molecule has 2 heterocycles. The topological polar surface area (TPSA) is 90.6 Å². The van der Waals surface area contributed by atoms with Crippen LogP contribution < -0.4 is 0 Å². The molecule has 0 radical (unpaired) electrons. The fourth-order valence-corrected chi connectivity index (χ4v) is 2.79. The molecular formula is C8H10ClN5O2S2. The quantitative estimate of drug-likeness (QED) is 0.793. The molecule has 0 fully saturated rings. The van der Waals surface area contributed by atoms with E-state index >= 15 is 0 Å². The molecule has 0 spiro atoms. The summed E-state index contributed by atoms with van der Waals surface area (Å²) in [4.78, 5) is 0. The lowest BCUT2D eigenvalue weighted by atomic mass is 10.2. The number of nitrogens with zero attached hydrogens (tertiary/aromatic N) is 5. The summed E-state index contributed by atoms with van der Waals surface area (Å²) in [7, 11) is 1.40. The van der Waals surface area contributed by atoms with E-state index < -0.39 is 9.05 Å². The van der Waals surface area contributed by atoms with Crippen LogP contribution >= 0.6 is 22.2 Å². The maximum Gasteiger partial charge on any atom is 0.296 e. The van der Waals surface area contributed by atoms with E-state index in [-0.39, 0.29) is 11.1 Å². The molecule has 0 saturated carbocycles. The zero-order chi connectivity index (χ0) is 13.3. The lowest BCUT2D eigenvalue weighted by Gasteiger charge is -2.09. The van der Waals surface area contributed by atoms with Crippen LogP contribution in [0.5, 0.6) is 0 Å². The third-order valence-electron chi connectivity index (χ3n) is 2.07. The van der Waals surface area contributed by atoms with E-state index in [4.69, 9.17) is 10.7 Å².